The Balaban J connectivity index is 1.90. The smallest absolute Gasteiger partial charge is 0.0551 e. The van der Waals surface area contributed by atoms with Crippen molar-refractivity contribution in [1.29, 1.82) is 0 Å². The highest BCUT2D eigenvalue weighted by atomic mass is 28.3. The second-order valence-electron chi connectivity index (χ2n) is 6.77. The fraction of sp³-hybridized carbons (Fsp3) is 0.182. The quantitative estimate of drug-likeness (QED) is 0.487. The van der Waals surface area contributed by atoms with Gasteiger partial charge in [0.05, 0.1) is 8.80 Å². The Morgan fingerprint density at radius 3 is 2.39 bits per heavy atom. The van der Waals surface area contributed by atoms with E-state index < -0.39 is 0 Å². The lowest BCUT2D eigenvalue weighted by atomic mass is 9.95. The zero-order valence-corrected chi connectivity index (χ0v) is 14.9. The third-order valence-electron chi connectivity index (χ3n) is 4.92. The molecule has 1 aliphatic rings. The SMILES string of the molecule is CC1=Cc2c(-c3ccc4ccccc4c3)cccc2C1[Si](C)C. The molecule has 113 valence electrons. The van der Waals surface area contributed by atoms with Crippen molar-refractivity contribution in [3.63, 3.8) is 0 Å². The maximum atomic E-state index is 2.42. The van der Waals surface area contributed by atoms with Crippen LogP contribution in [-0.4, -0.2) is 8.80 Å². The van der Waals surface area contributed by atoms with Crippen LogP contribution >= 0.6 is 0 Å². The third kappa shape index (κ3) is 2.36. The predicted molar refractivity (Wildman–Crippen MR) is 103 cm³/mol. The summed E-state index contributed by atoms with van der Waals surface area (Å²) in [6.45, 7) is 7.14. The molecule has 0 aliphatic heterocycles. The van der Waals surface area contributed by atoms with E-state index in [0.29, 0.717) is 5.54 Å². The summed E-state index contributed by atoms with van der Waals surface area (Å²) in [5.74, 6) is 0. The van der Waals surface area contributed by atoms with E-state index in [2.05, 4.69) is 86.8 Å². The Bertz CT molecular complexity index is 918. The van der Waals surface area contributed by atoms with Crippen molar-refractivity contribution in [1.82, 2.24) is 0 Å². The van der Waals surface area contributed by atoms with Gasteiger partial charge in [0, 0.05) is 0 Å². The van der Waals surface area contributed by atoms with Crippen LogP contribution in [0.4, 0.5) is 0 Å². The van der Waals surface area contributed by atoms with Gasteiger partial charge in [-0.3, -0.25) is 0 Å². The Labute approximate surface area is 140 Å². The summed E-state index contributed by atoms with van der Waals surface area (Å²) >= 11 is 0. The molecular weight excluding hydrogens is 292 g/mol. The van der Waals surface area contributed by atoms with Crippen molar-refractivity contribution in [3.8, 4) is 11.1 Å². The molecule has 0 heterocycles. The zero-order valence-electron chi connectivity index (χ0n) is 13.9. The summed E-state index contributed by atoms with van der Waals surface area (Å²) in [5.41, 5.74) is 7.87. The number of hydrogen-bond acceptors (Lipinski definition) is 0. The van der Waals surface area contributed by atoms with Gasteiger partial charge in [-0.25, -0.2) is 0 Å². The molecule has 0 N–H and O–H groups in total. The van der Waals surface area contributed by atoms with Crippen LogP contribution in [0.2, 0.25) is 13.1 Å². The third-order valence-corrected chi connectivity index (χ3v) is 6.84. The second-order valence-corrected chi connectivity index (χ2v) is 9.50. The van der Waals surface area contributed by atoms with E-state index in [-0.39, 0.29) is 8.80 Å². The van der Waals surface area contributed by atoms with E-state index in [0.717, 1.165) is 0 Å². The first kappa shape index (κ1) is 14.5. The summed E-state index contributed by atoms with van der Waals surface area (Å²) in [6.07, 6.45) is 2.42. The van der Waals surface area contributed by atoms with Crippen molar-refractivity contribution in [2.24, 2.45) is 0 Å². The minimum atomic E-state index is -0.373. The van der Waals surface area contributed by atoms with Crippen LogP contribution in [0.15, 0.2) is 66.2 Å². The number of rotatable bonds is 2. The fourth-order valence-corrected chi connectivity index (χ4v) is 5.79. The molecule has 1 atom stereocenters. The first-order valence-electron chi connectivity index (χ1n) is 8.25. The molecule has 1 heteroatoms. The molecule has 23 heavy (non-hydrogen) atoms. The van der Waals surface area contributed by atoms with Crippen LogP contribution in [0.1, 0.15) is 23.6 Å². The molecule has 0 aromatic heterocycles. The topological polar surface area (TPSA) is 0 Å². The molecule has 1 radical (unpaired) electrons. The minimum absolute atomic E-state index is 0.373. The van der Waals surface area contributed by atoms with Gasteiger partial charge < -0.3 is 0 Å². The first-order valence-corrected chi connectivity index (χ1v) is 10.8. The van der Waals surface area contributed by atoms with Gasteiger partial charge in [-0.15, -0.1) is 0 Å². The van der Waals surface area contributed by atoms with Crippen molar-refractivity contribution in [2.75, 3.05) is 0 Å². The van der Waals surface area contributed by atoms with Crippen molar-refractivity contribution in [2.45, 2.75) is 25.6 Å². The highest BCUT2D eigenvalue weighted by Gasteiger charge is 2.27. The number of allylic oxidation sites excluding steroid dienone is 1. The lowest BCUT2D eigenvalue weighted by molar-refractivity contribution is 1.10. The van der Waals surface area contributed by atoms with Crippen LogP contribution < -0.4 is 0 Å². The van der Waals surface area contributed by atoms with E-state index in [4.69, 9.17) is 0 Å². The van der Waals surface area contributed by atoms with E-state index in [9.17, 15) is 0 Å². The molecule has 0 bridgehead atoms. The summed E-state index contributed by atoms with van der Waals surface area (Å²) in [6, 6.07) is 22.2. The first-order chi connectivity index (χ1) is 11.1. The molecule has 3 aromatic carbocycles. The van der Waals surface area contributed by atoms with Gasteiger partial charge in [0.2, 0.25) is 0 Å². The minimum Gasteiger partial charge on any atom is -0.0705 e. The monoisotopic (exact) mass is 313 g/mol. The molecule has 0 saturated carbocycles. The summed E-state index contributed by atoms with van der Waals surface area (Å²) in [5, 5.41) is 2.62. The molecule has 4 rings (SSSR count). The molecule has 1 aliphatic carbocycles. The van der Waals surface area contributed by atoms with Crippen molar-refractivity contribution < 1.29 is 0 Å². The van der Waals surface area contributed by atoms with Gasteiger partial charge in [-0.1, -0.05) is 79.3 Å². The molecular formula is C22H21Si. The molecule has 0 saturated heterocycles. The maximum absolute atomic E-state index is 2.42. The fourth-order valence-electron chi connectivity index (χ4n) is 3.93. The summed E-state index contributed by atoms with van der Waals surface area (Å²) in [4.78, 5) is 0. The highest BCUT2D eigenvalue weighted by Crippen LogP contribution is 2.42. The zero-order chi connectivity index (χ0) is 16.0. The van der Waals surface area contributed by atoms with Crippen LogP contribution in [-0.2, 0) is 0 Å². The Morgan fingerprint density at radius 2 is 1.61 bits per heavy atom. The lowest BCUT2D eigenvalue weighted by Gasteiger charge is -2.18. The lowest BCUT2D eigenvalue weighted by Crippen LogP contribution is -2.15. The normalized spacial score (nSPS) is 16.7. The van der Waals surface area contributed by atoms with Gasteiger partial charge in [0.25, 0.3) is 0 Å². The van der Waals surface area contributed by atoms with Crippen LogP contribution in [0, 0.1) is 0 Å². The molecule has 0 fully saturated rings. The van der Waals surface area contributed by atoms with E-state index in [1.54, 1.807) is 0 Å². The van der Waals surface area contributed by atoms with Crippen molar-refractivity contribution >= 4 is 25.6 Å². The van der Waals surface area contributed by atoms with Gasteiger partial charge in [0.15, 0.2) is 0 Å². The highest BCUT2D eigenvalue weighted by molar-refractivity contribution is 6.58. The van der Waals surface area contributed by atoms with Gasteiger partial charge >= 0.3 is 0 Å². The van der Waals surface area contributed by atoms with Crippen LogP contribution in [0.25, 0.3) is 28.0 Å². The molecule has 1 unspecified atom stereocenters. The van der Waals surface area contributed by atoms with E-state index >= 15 is 0 Å². The van der Waals surface area contributed by atoms with Crippen LogP contribution in [0.3, 0.4) is 0 Å². The number of hydrogen-bond donors (Lipinski definition) is 0. The molecule has 0 nitrogen and oxygen atoms in total. The predicted octanol–water partition coefficient (Wildman–Crippen LogP) is 6.30. The van der Waals surface area contributed by atoms with E-state index in [1.807, 2.05) is 0 Å². The standard InChI is InChI=1S/C22H21Si/c1-15-13-21-19(9-6-10-20(21)22(15)23(2)3)18-12-11-16-7-4-5-8-17(16)14-18/h4-14,22H,1-3H3. The summed E-state index contributed by atoms with van der Waals surface area (Å²) in [7, 11) is -0.373. The average molecular weight is 313 g/mol. The molecule has 3 aromatic rings. The largest absolute Gasteiger partial charge is 0.0705 e. The Morgan fingerprint density at radius 1 is 0.826 bits per heavy atom. The van der Waals surface area contributed by atoms with E-state index in [1.165, 1.54) is 38.6 Å². The Hall–Kier alpha value is -2.12. The number of benzene rings is 3. The molecule has 0 amide bonds. The second kappa shape index (κ2) is 5.50. The van der Waals surface area contributed by atoms with Gasteiger partial charge in [-0.05, 0) is 51.6 Å². The molecule has 0 spiro atoms. The average Bonchev–Trinajstić information content (AvgIpc) is 2.90. The van der Waals surface area contributed by atoms with Crippen molar-refractivity contribution in [3.05, 3.63) is 77.4 Å². The number of fused-ring (bicyclic) bond motifs is 2. The Kier molecular flexibility index (Phi) is 3.46. The summed E-state index contributed by atoms with van der Waals surface area (Å²) < 4.78 is 0. The van der Waals surface area contributed by atoms with Crippen LogP contribution in [0.5, 0.6) is 0 Å². The maximum Gasteiger partial charge on any atom is 0.0551 e. The van der Waals surface area contributed by atoms with Gasteiger partial charge in [-0.2, -0.15) is 0 Å². The van der Waals surface area contributed by atoms with Gasteiger partial charge in [0.1, 0.15) is 0 Å².